The number of benzene rings is 1. The summed E-state index contributed by atoms with van der Waals surface area (Å²) in [5, 5.41) is 9.22. The molecule has 2 rings (SSSR count). The molecule has 1 saturated heterocycles. The first kappa shape index (κ1) is 17.9. The third-order valence-corrected chi connectivity index (χ3v) is 4.20. The van der Waals surface area contributed by atoms with Gasteiger partial charge in [0, 0.05) is 6.54 Å². The summed E-state index contributed by atoms with van der Waals surface area (Å²) in [5.41, 5.74) is 0.773. The minimum absolute atomic E-state index is 0.0539. The lowest BCUT2D eigenvalue weighted by molar-refractivity contribution is -0.142. The fraction of sp³-hybridized carbons (Fsp3) is 0.533. The van der Waals surface area contributed by atoms with E-state index in [1.807, 2.05) is 4.90 Å². The molecule has 0 aromatic heterocycles. The van der Waals surface area contributed by atoms with E-state index in [9.17, 15) is 18.7 Å². The molecule has 1 aromatic carbocycles. The van der Waals surface area contributed by atoms with E-state index in [0.29, 0.717) is 30.6 Å². The number of carboxylic acids is 1. The maximum absolute atomic E-state index is 12.5. The molecule has 23 heavy (non-hydrogen) atoms. The second kappa shape index (κ2) is 7.92. The van der Waals surface area contributed by atoms with Gasteiger partial charge in [0.25, 0.3) is 0 Å². The van der Waals surface area contributed by atoms with Crippen molar-refractivity contribution in [2.75, 3.05) is 13.2 Å². The molecule has 1 fully saturated rings. The van der Waals surface area contributed by atoms with Crippen LogP contribution in [0.1, 0.15) is 25.3 Å². The van der Waals surface area contributed by atoms with E-state index in [4.69, 9.17) is 4.74 Å². The molecule has 0 spiro atoms. The molecule has 0 saturated carbocycles. The minimum atomic E-state index is -2.95. The van der Waals surface area contributed by atoms with E-state index < -0.39 is 18.6 Å². The SMILES string of the molecule is CCOc1cc(CN2CCC[C@@H]2C(=O)O)cc(Br)c1OC(F)F. The van der Waals surface area contributed by atoms with E-state index in [-0.39, 0.29) is 11.5 Å². The van der Waals surface area contributed by atoms with Gasteiger partial charge in [-0.15, -0.1) is 0 Å². The van der Waals surface area contributed by atoms with Crippen LogP contribution >= 0.6 is 15.9 Å². The van der Waals surface area contributed by atoms with Crippen LogP contribution in [0, 0.1) is 0 Å². The molecular formula is C15H18BrF2NO4. The summed E-state index contributed by atoms with van der Waals surface area (Å²) in [6, 6.07) is 2.75. The highest BCUT2D eigenvalue weighted by atomic mass is 79.9. The van der Waals surface area contributed by atoms with Gasteiger partial charge < -0.3 is 14.6 Å². The average molecular weight is 394 g/mol. The number of rotatable bonds is 7. The Morgan fingerprint density at radius 2 is 2.26 bits per heavy atom. The fourth-order valence-electron chi connectivity index (χ4n) is 2.71. The zero-order valence-corrected chi connectivity index (χ0v) is 14.2. The predicted molar refractivity (Wildman–Crippen MR) is 83.0 cm³/mol. The van der Waals surface area contributed by atoms with Gasteiger partial charge in [-0.1, -0.05) is 0 Å². The monoisotopic (exact) mass is 393 g/mol. The van der Waals surface area contributed by atoms with E-state index in [2.05, 4.69) is 20.7 Å². The standard InChI is InChI=1S/C15H18BrF2NO4/c1-2-22-12-7-9(6-10(16)13(12)23-15(17)18)8-19-5-3-4-11(19)14(20)21/h6-7,11,15H,2-5,8H2,1H3,(H,20,21)/t11-/m1/s1. The van der Waals surface area contributed by atoms with Crippen LogP contribution in [0.3, 0.4) is 0 Å². The molecule has 1 N–H and O–H groups in total. The van der Waals surface area contributed by atoms with Crippen LogP contribution in [0.15, 0.2) is 16.6 Å². The maximum atomic E-state index is 12.5. The molecule has 1 atom stereocenters. The zero-order chi connectivity index (χ0) is 17.0. The Balaban J connectivity index is 2.24. The van der Waals surface area contributed by atoms with Crippen molar-refractivity contribution < 1.29 is 28.2 Å². The van der Waals surface area contributed by atoms with Gasteiger partial charge in [0.05, 0.1) is 11.1 Å². The van der Waals surface area contributed by atoms with Gasteiger partial charge in [-0.2, -0.15) is 8.78 Å². The topological polar surface area (TPSA) is 59.0 Å². The number of likely N-dealkylation sites (tertiary alicyclic amines) is 1. The molecule has 1 aliphatic heterocycles. The second-order valence-corrected chi connectivity index (χ2v) is 6.04. The van der Waals surface area contributed by atoms with Gasteiger partial charge in [-0.05, 0) is 59.9 Å². The van der Waals surface area contributed by atoms with Crippen LogP contribution in [0.4, 0.5) is 8.78 Å². The Morgan fingerprint density at radius 3 is 2.87 bits per heavy atom. The Kier molecular flexibility index (Phi) is 6.17. The second-order valence-electron chi connectivity index (χ2n) is 5.18. The van der Waals surface area contributed by atoms with Crippen molar-refractivity contribution in [1.29, 1.82) is 0 Å². The average Bonchev–Trinajstić information content (AvgIpc) is 2.91. The number of halogens is 3. The quantitative estimate of drug-likeness (QED) is 0.767. The first-order valence-electron chi connectivity index (χ1n) is 7.29. The highest BCUT2D eigenvalue weighted by Gasteiger charge is 2.30. The summed E-state index contributed by atoms with van der Waals surface area (Å²) in [6.45, 7) is 0.189. The Bertz CT molecular complexity index is 571. The first-order chi connectivity index (χ1) is 10.9. The van der Waals surface area contributed by atoms with Crippen LogP contribution in [-0.4, -0.2) is 41.8 Å². The van der Waals surface area contributed by atoms with Crippen LogP contribution in [0.2, 0.25) is 0 Å². The van der Waals surface area contributed by atoms with E-state index >= 15 is 0 Å². The molecule has 1 heterocycles. The van der Waals surface area contributed by atoms with Crippen LogP contribution < -0.4 is 9.47 Å². The highest BCUT2D eigenvalue weighted by molar-refractivity contribution is 9.10. The smallest absolute Gasteiger partial charge is 0.387 e. The number of hydrogen-bond donors (Lipinski definition) is 1. The van der Waals surface area contributed by atoms with Gasteiger partial charge in [0.15, 0.2) is 11.5 Å². The third kappa shape index (κ3) is 4.54. The Hall–Kier alpha value is -1.41. The number of aliphatic carboxylic acids is 1. The zero-order valence-electron chi connectivity index (χ0n) is 12.6. The molecule has 0 unspecified atom stereocenters. The van der Waals surface area contributed by atoms with Gasteiger partial charge >= 0.3 is 12.6 Å². The van der Waals surface area contributed by atoms with Crippen molar-refractivity contribution in [3.8, 4) is 11.5 Å². The van der Waals surface area contributed by atoms with Crippen molar-refractivity contribution in [2.45, 2.75) is 39.0 Å². The third-order valence-electron chi connectivity index (χ3n) is 3.61. The summed E-state index contributed by atoms with van der Waals surface area (Å²) < 4.78 is 35.3. The molecule has 5 nitrogen and oxygen atoms in total. The van der Waals surface area contributed by atoms with Crippen LogP contribution in [0.25, 0.3) is 0 Å². The summed E-state index contributed by atoms with van der Waals surface area (Å²) in [6.07, 6.45) is 1.43. The van der Waals surface area contributed by atoms with E-state index in [1.165, 1.54) is 0 Å². The molecule has 0 aliphatic carbocycles. The number of ether oxygens (including phenoxy) is 2. The Labute approximate surface area is 141 Å². The lowest BCUT2D eigenvalue weighted by Crippen LogP contribution is -2.35. The molecule has 0 radical (unpaired) electrons. The van der Waals surface area contributed by atoms with E-state index in [0.717, 1.165) is 12.0 Å². The Morgan fingerprint density at radius 1 is 1.52 bits per heavy atom. The van der Waals surface area contributed by atoms with Crippen molar-refractivity contribution in [3.05, 3.63) is 22.2 Å². The number of carboxylic acid groups (broad SMARTS) is 1. The molecular weight excluding hydrogens is 376 g/mol. The van der Waals surface area contributed by atoms with Gasteiger partial charge in [-0.3, -0.25) is 9.69 Å². The normalized spacial score (nSPS) is 18.4. The molecule has 8 heteroatoms. The maximum Gasteiger partial charge on any atom is 0.387 e. The van der Waals surface area contributed by atoms with Gasteiger partial charge in [0.2, 0.25) is 0 Å². The first-order valence-corrected chi connectivity index (χ1v) is 8.08. The largest absolute Gasteiger partial charge is 0.490 e. The van der Waals surface area contributed by atoms with Crippen LogP contribution in [-0.2, 0) is 11.3 Å². The summed E-state index contributed by atoms with van der Waals surface area (Å²) >= 11 is 3.22. The summed E-state index contributed by atoms with van der Waals surface area (Å²) in [4.78, 5) is 13.1. The lowest BCUT2D eigenvalue weighted by atomic mass is 10.1. The minimum Gasteiger partial charge on any atom is -0.490 e. The van der Waals surface area contributed by atoms with Gasteiger partial charge in [0.1, 0.15) is 6.04 Å². The predicted octanol–water partition coefficient (Wildman–Crippen LogP) is 3.50. The van der Waals surface area contributed by atoms with Crippen molar-refractivity contribution in [2.24, 2.45) is 0 Å². The number of nitrogens with zero attached hydrogens (tertiary/aromatic N) is 1. The molecule has 1 aliphatic rings. The number of hydrogen-bond acceptors (Lipinski definition) is 4. The summed E-state index contributed by atoms with van der Waals surface area (Å²) in [7, 11) is 0. The number of carbonyl (C=O) groups is 1. The highest BCUT2D eigenvalue weighted by Crippen LogP contribution is 2.38. The van der Waals surface area contributed by atoms with Gasteiger partial charge in [-0.25, -0.2) is 0 Å². The van der Waals surface area contributed by atoms with Crippen LogP contribution in [0.5, 0.6) is 11.5 Å². The van der Waals surface area contributed by atoms with E-state index in [1.54, 1.807) is 19.1 Å². The fourth-order valence-corrected chi connectivity index (χ4v) is 3.29. The van der Waals surface area contributed by atoms with Crippen molar-refractivity contribution in [3.63, 3.8) is 0 Å². The summed E-state index contributed by atoms with van der Waals surface area (Å²) in [5.74, 6) is -0.686. The molecule has 128 valence electrons. The lowest BCUT2D eigenvalue weighted by Gasteiger charge is -2.22. The van der Waals surface area contributed by atoms with Crippen molar-refractivity contribution in [1.82, 2.24) is 4.90 Å². The molecule has 0 bridgehead atoms. The number of alkyl halides is 2. The molecule has 0 amide bonds. The van der Waals surface area contributed by atoms with Crippen molar-refractivity contribution >= 4 is 21.9 Å². The molecule has 1 aromatic rings.